The molecule has 0 aliphatic heterocycles. The van der Waals surface area contributed by atoms with Gasteiger partial charge in [0.2, 0.25) is 9.60 Å². The molecule has 1 fully saturated rings. The molecule has 398 valence electrons. The molecular formula is C53H70Cl4N9O4S3-. The number of hydrogen-bond donors (Lipinski definition) is 1. The second kappa shape index (κ2) is 28.9. The van der Waals surface area contributed by atoms with Crippen LogP contribution in [0.4, 0.5) is 0 Å². The summed E-state index contributed by atoms with van der Waals surface area (Å²) in [6.07, 6.45) is 15.4. The molecule has 2 aromatic carbocycles. The minimum Gasteiger partial charge on any atom is -1.00 e. The highest BCUT2D eigenvalue weighted by atomic mass is 35.5. The quantitative estimate of drug-likeness (QED) is 0.101. The number of rotatable bonds is 6. The van der Waals surface area contributed by atoms with Gasteiger partial charge in [-0.1, -0.05) is 62.9 Å². The van der Waals surface area contributed by atoms with Gasteiger partial charge in [0.05, 0.1) is 25.3 Å². The first-order valence-corrected chi connectivity index (χ1v) is 26.0. The molecule has 0 unspecified atom stereocenters. The third kappa shape index (κ3) is 17.0. The lowest BCUT2D eigenvalue weighted by Gasteiger charge is -2.54. The molecule has 0 saturated heterocycles. The van der Waals surface area contributed by atoms with Crippen molar-refractivity contribution in [1.29, 1.82) is 0 Å². The zero-order valence-corrected chi connectivity index (χ0v) is 49.2. The van der Waals surface area contributed by atoms with Crippen LogP contribution >= 0.6 is 22.7 Å². The SMILES string of the molecule is CC1(C)CCCC(C)(C)C1[O-].CCn1c(=NN=c2sc3cc(S(=O)(=O)[O-])ccc3n2CC)sc2cc(C)ccc21.C[n+]1ccc(-c2cc[n+](C)cc2)cc1.C[n+]1ccccc1-c1cccc[n+]1C.[Cl-].[Cl-].[Cl-].[Cl-].[NH4+]. The Bertz CT molecular complexity index is 3160. The van der Waals surface area contributed by atoms with E-state index in [9.17, 15) is 18.1 Å². The van der Waals surface area contributed by atoms with E-state index in [4.69, 9.17) is 0 Å². The summed E-state index contributed by atoms with van der Waals surface area (Å²) in [5.41, 5.74) is 8.13. The van der Waals surface area contributed by atoms with Crippen LogP contribution in [0.15, 0.2) is 149 Å². The van der Waals surface area contributed by atoms with E-state index in [0.29, 0.717) is 16.0 Å². The minimum absolute atomic E-state index is 0. The second-order valence-electron chi connectivity index (χ2n) is 18.6. The Balaban J connectivity index is 0.000000516. The maximum absolute atomic E-state index is 11.9. The van der Waals surface area contributed by atoms with Crippen LogP contribution in [0.2, 0.25) is 0 Å². The highest BCUT2D eigenvalue weighted by Gasteiger charge is 2.36. The number of benzene rings is 2. The van der Waals surface area contributed by atoms with Crippen LogP contribution < -0.4 is 88.8 Å². The Hall–Kier alpha value is -4.59. The molecule has 20 heteroatoms. The summed E-state index contributed by atoms with van der Waals surface area (Å²) in [4.78, 5) is 1.22. The third-order valence-corrected chi connectivity index (χ3v) is 15.3. The van der Waals surface area contributed by atoms with Crippen molar-refractivity contribution < 1.29 is 86.0 Å². The van der Waals surface area contributed by atoms with E-state index < -0.39 is 10.1 Å². The lowest BCUT2D eigenvalue weighted by atomic mass is 9.63. The van der Waals surface area contributed by atoms with Crippen molar-refractivity contribution in [1.82, 2.24) is 15.3 Å². The van der Waals surface area contributed by atoms with Crippen molar-refractivity contribution in [3.05, 3.63) is 149 Å². The summed E-state index contributed by atoms with van der Waals surface area (Å²) in [6, 6.07) is 31.6. The normalized spacial score (nSPS) is 13.9. The number of quaternary nitrogens is 1. The average Bonchev–Trinajstić information content (AvgIpc) is 3.85. The summed E-state index contributed by atoms with van der Waals surface area (Å²) >= 11 is 2.90. The van der Waals surface area contributed by atoms with Crippen LogP contribution in [-0.4, -0.2) is 28.2 Å². The molecule has 8 aromatic rings. The number of nitrogens with zero attached hydrogens (tertiary/aromatic N) is 8. The number of pyridine rings is 4. The number of aryl methyl sites for hydroxylation is 7. The van der Waals surface area contributed by atoms with Crippen molar-refractivity contribution in [2.24, 2.45) is 49.2 Å². The van der Waals surface area contributed by atoms with E-state index in [1.807, 2.05) is 46.9 Å². The van der Waals surface area contributed by atoms with E-state index in [2.05, 4.69) is 183 Å². The summed E-state index contributed by atoms with van der Waals surface area (Å²) < 4.78 is 48.2. The molecule has 4 N–H and O–H groups in total. The Kier molecular flexibility index (Phi) is 26.3. The first-order chi connectivity index (χ1) is 32.2. The highest BCUT2D eigenvalue weighted by molar-refractivity contribution is 7.85. The zero-order valence-electron chi connectivity index (χ0n) is 43.8. The molecule has 73 heavy (non-hydrogen) atoms. The predicted octanol–water partition coefficient (Wildman–Crippen LogP) is -4.26. The Morgan fingerprint density at radius 1 is 0.616 bits per heavy atom. The van der Waals surface area contributed by atoms with Crippen LogP contribution in [0.5, 0.6) is 0 Å². The lowest BCUT2D eigenvalue weighted by molar-refractivity contribution is -0.690. The minimum atomic E-state index is -4.50. The molecule has 0 atom stereocenters. The molecule has 0 bridgehead atoms. The van der Waals surface area contributed by atoms with Crippen molar-refractivity contribution in [2.45, 2.75) is 91.8 Å². The van der Waals surface area contributed by atoms with E-state index in [0.717, 1.165) is 39.9 Å². The summed E-state index contributed by atoms with van der Waals surface area (Å²) in [6.45, 7) is 16.0. The number of thiazole rings is 2. The lowest BCUT2D eigenvalue weighted by Crippen LogP contribution is -3.00. The standard InChI is InChI=1S/C19H20N4O3S3.2C12H14N2.C10H19O.4ClH.H3N/c1-4-22-14-8-6-12(3)10-16(14)27-18(22)20-21-19-23(5-2)15-9-7-13(29(24,25)26)11-17(15)28-19;1-13-7-3-11(4-8-13)12-5-9-14(2)10-6-12;1-13-9-5-3-7-11(13)12-8-4-6-10-14(12)2;1-9(2)6-5-7-10(3,4)8(9)11;;;;;/h6-11H,4-5H2,1-3H3,(H,24,25,26);2*3-10H,1-2H3;8H,5-7H2,1-4H3;4*1H;1H3/q;2*+2;-1;;;;;/p-4. The Morgan fingerprint density at radius 3 is 1.38 bits per heavy atom. The van der Waals surface area contributed by atoms with Gasteiger partial charge in [0, 0.05) is 61.6 Å². The largest absolute Gasteiger partial charge is 1.00 e. The van der Waals surface area contributed by atoms with Gasteiger partial charge in [-0.3, -0.25) is 0 Å². The van der Waals surface area contributed by atoms with Crippen LogP contribution in [-0.2, 0) is 51.4 Å². The van der Waals surface area contributed by atoms with Crippen LogP contribution in [0, 0.1) is 17.8 Å². The van der Waals surface area contributed by atoms with E-state index in [-0.39, 0.29) is 77.6 Å². The topological polar surface area (TPSA) is 167 Å². The monoisotopic (exact) mass is 1130 g/mol. The smallest absolute Gasteiger partial charge is 0.277 e. The molecule has 6 aromatic heterocycles. The molecule has 0 amide bonds. The first kappa shape index (κ1) is 66.4. The van der Waals surface area contributed by atoms with Crippen LogP contribution in [0.25, 0.3) is 42.9 Å². The van der Waals surface area contributed by atoms with Crippen molar-refractivity contribution in [3.63, 3.8) is 0 Å². The van der Waals surface area contributed by atoms with Crippen molar-refractivity contribution in [3.8, 4) is 22.5 Å². The molecule has 0 radical (unpaired) electrons. The number of fused-ring (bicyclic) bond motifs is 2. The fraction of sp³-hybridized carbons (Fsp3) is 0.358. The van der Waals surface area contributed by atoms with Gasteiger partial charge in [-0.05, 0) is 104 Å². The molecule has 1 saturated carbocycles. The van der Waals surface area contributed by atoms with Gasteiger partial charge in [0.25, 0.3) is 11.4 Å². The van der Waals surface area contributed by atoms with Gasteiger partial charge in [-0.15, -0.1) is 16.3 Å². The predicted molar refractivity (Wildman–Crippen MR) is 274 cm³/mol. The van der Waals surface area contributed by atoms with Gasteiger partial charge in [0.15, 0.2) is 37.2 Å². The van der Waals surface area contributed by atoms with Gasteiger partial charge < -0.3 is 74.6 Å². The number of aromatic nitrogens is 6. The van der Waals surface area contributed by atoms with Gasteiger partial charge in [-0.25, -0.2) is 17.6 Å². The average molecular weight is 1140 g/mol. The fourth-order valence-corrected chi connectivity index (χ4v) is 11.3. The van der Waals surface area contributed by atoms with E-state index in [1.54, 1.807) is 17.4 Å². The van der Waals surface area contributed by atoms with Crippen molar-refractivity contribution >= 4 is 53.2 Å². The van der Waals surface area contributed by atoms with E-state index >= 15 is 0 Å². The summed E-state index contributed by atoms with van der Waals surface area (Å²) in [7, 11) is 3.67. The Labute approximate surface area is 464 Å². The molecule has 1 aliphatic carbocycles. The summed E-state index contributed by atoms with van der Waals surface area (Å²) in [5.74, 6) is 0. The number of halogens is 4. The maximum Gasteiger partial charge on any atom is 0.277 e. The van der Waals surface area contributed by atoms with Gasteiger partial charge >= 0.3 is 0 Å². The van der Waals surface area contributed by atoms with Crippen molar-refractivity contribution in [2.75, 3.05) is 0 Å². The summed E-state index contributed by atoms with van der Waals surface area (Å²) in [5, 5.41) is 20.8. The maximum atomic E-state index is 11.9. The van der Waals surface area contributed by atoms with Crippen LogP contribution in [0.3, 0.4) is 0 Å². The molecule has 1 aliphatic rings. The van der Waals surface area contributed by atoms with E-state index in [1.165, 1.54) is 58.0 Å². The van der Waals surface area contributed by atoms with Gasteiger partial charge in [0.1, 0.15) is 38.3 Å². The molecule has 0 spiro atoms. The molecular weight excluding hydrogens is 1060 g/mol. The first-order valence-electron chi connectivity index (χ1n) is 23.0. The fourth-order valence-electron chi connectivity index (χ4n) is 8.52. The Morgan fingerprint density at radius 2 is 1.01 bits per heavy atom. The third-order valence-electron chi connectivity index (χ3n) is 12.4. The highest BCUT2D eigenvalue weighted by Crippen LogP contribution is 2.44. The molecule has 9 rings (SSSR count). The second-order valence-corrected chi connectivity index (χ2v) is 22.0. The number of hydrogen-bond acceptors (Lipinski definition) is 8. The molecule has 6 heterocycles. The van der Waals surface area contributed by atoms with Crippen LogP contribution in [0.1, 0.15) is 66.4 Å². The zero-order chi connectivity index (χ0) is 49.4. The van der Waals surface area contributed by atoms with Gasteiger partial charge in [-0.2, -0.15) is 9.13 Å². The molecule has 13 nitrogen and oxygen atoms in total.